The second kappa shape index (κ2) is 5.83. The van der Waals surface area contributed by atoms with E-state index in [1.807, 2.05) is 12.3 Å². The molecule has 0 saturated carbocycles. The number of likely N-dealkylation sites (N-methyl/N-ethyl adjacent to an activating group) is 1. The molecule has 2 heterocycles. The minimum atomic E-state index is 0.564. The Morgan fingerprint density at radius 2 is 2.29 bits per heavy atom. The van der Waals surface area contributed by atoms with E-state index >= 15 is 0 Å². The monoisotopic (exact) mass is 297 g/mol. The van der Waals surface area contributed by atoms with Gasteiger partial charge in [-0.15, -0.1) is 0 Å². The Morgan fingerprint density at radius 3 is 3.00 bits per heavy atom. The predicted octanol–water partition coefficient (Wildman–Crippen LogP) is 2.76. The quantitative estimate of drug-likeness (QED) is 0.837. The third-order valence-electron chi connectivity index (χ3n) is 3.38. The van der Waals surface area contributed by atoms with E-state index in [4.69, 9.17) is 0 Å². The molecule has 17 heavy (non-hydrogen) atoms. The van der Waals surface area contributed by atoms with Gasteiger partial charge in [-0.2, -0.15) is 0 Å². The first-order valence-corrected chi connectivity index (χ1v) is 7.07. The van der Waals surface area contributed by atoms with Crippen LogP contribution in [-0.4, -0.2) is 42.6 Å². The largest absolute Gasteiger partial charge is 0.351 e. The van der Waals surface area contributed by atoms with Crippen LogP contribution in [0.1, 0.15) is 19.8 Å². The molecule has 0 spiro atoms. The van der Waals surface area contributed by atoms with Crippen molar-refractivity contribution in [3.63, 3.8) is 0 Å². The Labute approximate surface area is 112 Å². The Kier molecular flexibility index (Phi) is 4.40. The fourth-order valence-corrected chi connectivity index (χ4v) is 2.94. The number of hydrogen-bond donors (Lipinski definition) is 0. The van der Waals surface area contributed by atoms with E-state index in [9.17, 15) is 0 Å². The Hall–Kier alpha value is -0.610. The van der Waals surface area contributed by atoms with E-state index in [0.717, 1.165) is 29.8 Å². The van der Waals surface area contributed by atoms with Crippen LogP contribution >= 0.6 is 15.9 Å². The van der Waals surface area contributed by atoms with Gasteiger partial charge in [0.15, 0.2) is 0 Å². The van der Waals surface area contributed by atoms with E-state index < -0.39 is 0 Å². The molecule has 1 aromatic rings. The average molecular weight is 298 g/mol. The summed E-state index contributed by atoms with van der Waals surface area (Å²) in [7, 11) is 2.21. The lowest BCUT2D eigenvalue weighted by atomic mass is 10.2. The lowest BCUT2D eigenvalue weighted by Gasteiger charge is -2.31. The van der Waals surface area contributed by atoms with Crippen molar-refractivity contribution < 1.29 is 0 Å². The number of nitrogens with zero attached hydrogens (tertiary/aromatic N) is 3. The number of halogens is 1. The van der Waals surface area contributed by atoms with Gasteiger partial charge >= 0.3 is 0 Å². The summed E-state index contributed by atoms with van der Waals surface area (Å²) in [5.74, 6) is 1.09. The highest BCUT2D eigenvalue weighted by molar-refractivity contribution is 9.10. The second-order valence-corrected chi connectivity index (χ2v) is 5.53. The number of anilines is 1. The van der Waals surface area contributed by atoms with Crippen molar-refractivity contribution in [1.29, 1.82) is 0 Å². The number of rotatable bonds is 2. The molecule has 1 fully saturated rings. The van der Waals surface area contributed by atoms with Crippen LogP contribution in [0.2, 0.25) is 0 Å². The third kappa shape index (κ3) is 2.99. The minimum Gasteiger partial charge on any atom is -0.351 e. The maximum atomic E-state index is 4.53. The average Bonchev–Trinajstić information content (AvgIpc) is 2.51. The Balaban J connectivity index is 2.25. The first kappa shape index (κ1) is 12.8. The number of pyridine rings is 1. The highest BCUT2D eigenvalue weighted by atomic mass is 79.9. The van der Waals surface area contributed by atoms with Crippen molar-refractivity contribution in [2.75, 3.05) is 31.6 Å². The van der Waals surface area contributed by atoms with Crippen molar-refractivity contribution in [1.82, 2.24) is 9.88 Å². The summed E-state index contributed by atoms with van der Waals surface area (Å²) in [6.07, 6.45) is 4.24. The first-order valence-electron chi connectivity index (χ1n) is 6.28. The molecule has 2 rings (SSSR count). The standard InChI is InChI=1S/C13H20BrN3/c1-3-11-10-16(2)8-5-9-17(11)13-12(14)6-4-7-15-13/h4,6-7,11H,3,5,8-10H2,1-2H3. The van der Waals surface area contributed by atoms with Crippen LogP contribution in [0.25, 0.3) is 0 Å². The fraction of sp³-hybridized carbons (Fsp3) is 0.615. The molecular weight excluding hydrogens is 278 g/mol. The molecule has 1 aliphatic rings. The molecule has 1 unspecified atom stereocenters. The topological polar surface area (TPSA) is 19.4 Å². The molecule has 0 aromatic carbocycles. The summed E-state index contributed by atoms with van der Waals surface area (Å²) in [5.41, 5.74) is 0. The van der Waals surface area contributed by atoms with Crippen molar-refractivity contribution in [2.45, 2.75) is 25.8 Å². The van der Waals surface area contributed by atoms with Crippen LogP contribution in [-0.2, 0) is 0 Å². The molecule has 94 valence electrons. The zero-order valence-electron chi connectivity index (χ0n) is 10.6. The van der Waals surface area contributed by atoms with E-state index in [2.05, 4.69) is 50.8 Å². The van der Waals surface area contributed by atoms with Crippen LogP contribution in [0.5, 0.6) is 0 Å². The van der Waals surface area contributed by atoms with Gasteiger partial charge in [0.2, 0.25) is 0 Å². The van der Waals surface area contributed by atoms with Gasteiger partial charge in [0.25, 0.3) is 0 Å². The first-order chi connectivity index (χ1) is 8.22. The summed E-state index contributed by atoms with van der Waals surface area (Å²) in [6, 6.07) is 4.61. The third-order valence-corrected chi connectivity index (χ3v) is 4.00. The van der Waals surface area contributed by atoms with E-state index in [0.29, 0.717) is 6.04 Å². The van der Waals surface area contributed by atoms with E-state index in [-0.39, 0.29) is 0 Å². The van der Waals surface area contributed by atoms with Crippen molar-refractivity contribution in [3.05, 3.63) is 22.8 Å². The zero-order valence-corrected chi connectivity index (χ0v) is 12.2. The number of hydrogen-bond acceptors (Lipinski definition) is 3. The molecule has 0 amide bonds. The molecule has 1 saturated heterocycles. The SMILES string of the molecule is CCC1CN(C)CCCN1c1ncccc1Br. The molecule has 0 bridgehead atoms. The van der Waals surface area contributed by atoms with Gasteiger partial charge in [-0.25, -0.2) is 4.98 Å². The van der Waals surface area contributed by atoms with Gasteiger partial charge in [0.05, 0.1) is 4.47 Å². The zero-order chi connectivity index (χ0) is 12.3. The molecule has 1 aliphatic heterocycles. The molecule has 1 aromatic heterocycles. The summed E-state index contributed by atoms with van der Waals surface area (Å²) < 4.78 is 1.10. The minimum absolute atomic E-state index is 0.564. The molecule has 0 aliphatic carbocycles. The predicted molar refractivity (Wildman–Crippen MR) is 75.5 cm³/mol. The van der Waals surface area contributed by atoms with Gasteiger partial charge in [0.1, 0.15) is 5.82 Å². The van der Waals surface area contributed by atoms with Crippen LogP contribution in [0, 0.1) is 0 Å². The smallest absolute Gasteiger partial charge is 0.143 e. The summed E-state index contributed by atoms with van der Waals surface area (Å²) in [4.78, 5) is 9.40. The summed E-state index contributed by atoms with van der Waals surface area (Å²) in [6.45, 7) is 5.66. The highest BCUT2D eigenvalue weighted by Crippen LogP contribution is 2.27. The van der Waals surface area contributed by atoms with Gasteiger partial charge in [-0.05, 0) is 54.5 Å². The molecular formula is C13H20BrN3. The Bertz CT molecular complexity index is 369. The summed E-state index contributed by atoms with van der Waals surface area (Å²) >= 11 is 3.61. The maximum Gasteiger partial charge on any atom is 0.143 e. The van der Waals surface area contributed by atoms with E-state index in [1.165, 1.54) is 13.0 Å². The fourth-order valence-electron chi connectivity index (χ4n) is 2.46. The second-order valence-electron chi connectivity index (χ2n) is 4.68. The maximum absolute atomic E-state index is 4.53. The number of aromatic nitrogens is 1. The van der Waals surface area contributed by atoms with Gasteiger partial charge in [-0.1, -0.05) is 6.92 Å². The Morgan fingerprint density at radius 1 is 1.47 bits per heavy atom. The molecule has 1 atom stereocenters. The molecule has 3 nitrogen and oxygen atoms in total. The van der Waals surface area contributed by atoms with Crippen LogP contribution in [0.15, 0.2) is 22.8 Å². The molecule has 4 heteroatoms. The summed E-state index contributed by atoms with van der Waals surface area (Å²) in [5, 5.41) is 0. The molecule has 0 N–H and O–H groups in total. The van der Waals surface area contributed by atoms with Crippen LogP contribution < -0.4 is 4.90 Å². The van der Waals surface area contributed by atoms with Gasteiger partial charge in [0, 0.05) is 25.3 Å². The molecule has 0 radical (unpaired) electrons. The highest BCUT2D eigenvalue weighted by Gasteiger charge is 2.24. The van der Waals surface area contributed by atoms with Gasteiger partial charge < -0.3 is 9.80 Å². The van der Waals surface area contributed by atoms with Crippen molar-refractivity contribution in [2.24, 2.45) is 0 Å². The normalized spacial score (nSPS) is 22.5. The van der Waals surface area contributed by atoms with Crippen molar-refractivity contribution >= 4 is 21.7 Å². The van der Waals surface area contributed by atoms with Gasteiger partial charge in [-0.3, -0.25) is 0 Å². The lowest BCUT2D eigenvalue weighted by molar-refractivity contribution is 0.327. The van der Waals surface area contributed by atoms with E-state index in [1.54, 1.807) is 0 Å². The van der Waals surface area contributed by atoms with Crippen LogP contribution in [0.4, 0.5) is 5.82 Å². The lowest BCUT2D eigenvalue weighted by Crippen LogP contribution is -2.40. The van der Waals surface area contributed by atoms with Crippen molar-refractivity contribution in [3.8, 4) is 0 Å². The van der Waals surface area contributed by atoms with Crippen LogP contribution in [0.3, 0.4) is 0 Å².